The predicted molar refractivity (Wildman–Crippen MR) is 169 cm³/mol. The van der Waals surface area contributed by atoms with E-state index in [2.05, 4.69) is 10.0 Å². The fraction of sp³-hybridized carbons (Fsp3) is 0.500. The number of nitrogens with zero attached hydrogens (tertiary/aromatic N) is 1. The van der Waals surface area contributed by atoms with Crippen LogP contribution in [-0.2, 0) is 45.6 Å². The molecule has 4 rings (SSSR count). The number of carboxylic acids is 1. The summed E-state index contributed by atoms with van der Waals surface area (Å²) < 4.78 is 57.9. The van der Waals surface area contributed by atoms with Gasteiger partial charge in [-0.1, -0.05) is 41.9 Å². The Morgan fingerprint density at radius 2 is 1.80 bits per heavy atom. The van der Waals surface area contributed by atoms with Crippen LogP contribution in [-0.4, -0.2) is 82.0 Å². The van der Waals surface area contributed by atoms with Gasteiger partial charge >= 0.3 is 11.9 Å². The van der Waals surface area contributed by atoms with Crippen molar-refractivity contribution in [2.75, 3.05) is 13.2 Å². The van der Waals surface area contributed by atoms with E-state index in [1.54, 1.807) is 13.8 Å². The standard InChI is InChI=1S/C30H39ClN4O9S2/c1-3-44-30(39)25(13-9-19-7-5-4-6-8-19)33-18(2)28(36)35-17-23(29(37)38)22-15-20(10-14-26(22)35)34-46(42,43)21-11-12-24(31)27(16-21)45(32,40)41/h4-8,11-12,16,18,20,22-23,25-26,33-34H,3,9-10,13-15,17H2,1-2H3,(H,37,38)(H2,32,40,41)/t18-,20?,22?,23?,25-,26?/m0/s1. The fourth-order valence-corrected chi connectivity index (χ4v) is 8.81. The maximum atomic E-state index is 13.7. The number of carbonyl (C=O) groups is 3. The van der Waals surface area contributed by atoms with Gasteiger partial charge in [-0.2, -0.15) is 0 Å². The van der Waals surface area contributed by atoms with Crippen molar-refractivity contribution in [1.29, 1.82) is 0 Å². The molecule has 13 nitrogen and oxygen atoms in total. The van der Waals surface area contributed by atoms with Gasteiger partial charge in [-0.3, -0.25) is 19.7 Å². The Morgan fingerprint density at radius 1 is 1.11 bits per heavy atom. The molecule has 4 unspecified atom stereocenters. The van der Waals surface area contributed by atoms with Gasteiger partial charge in [-0.25, -0.2) is 26.7 Å². The zero-order chi connectivity index (χ0) is 33.8. The van der Waals surface area contributed by atoms with Crippen molar-refractivity contribution in [2.45, 2.75) is 79.9 Å². The summed E-state index contributed by atoms with van der Waals surface area (Å²) >= 11 is 5.90. The number of hydrogen-bond acceptors (Lipinski definition) is 9. The van der Waals surface area contributed by atoms with Crippen molar-refractivity contribution in [2.24, 2.45) is 17.0 Å². The number of fused-ring (bicyclic) bond motifs is 1. The van der Waals surface area contributed by atoms with E-state index in [0.717, 1.165) is 23.8 Å². The number of nitrogens with one attached hydrogen (secondary N) is 2. The SMILES string of the molecule is CCOC(=O)[C@H](CCc1ccccc1)N[C@@H](C)C(=O)N1CC(C(=O)O)C2CC(NS(=O)(=O)c3ccc(Cl)c(S(N)(=O)=O)c3)CCC21. The Balaban J connectivity index is 1.46. The number of sulfonamides is 2. The van der Waals surface area contributed by atoms with Crippen molar-refractivity contribution in [1.82, 2.24) is 14.9 Å². The predicted octanol–water partition coefficient (Wildman–Crippen LogP) is 1.89. The van der Waals surface area contributed by atoms with E-state index in [1.807, 2.05) is 30.3 Å². The number of rotatable bonds is 13. The first-order chi connectivity index (χ1) is 21.6. The van der Waals surface area contributed by atoms with Gasteiger partial charge in [0.05, 0.1) is 28.5 Å². The van der Waals surface area contributed by atoms with E-state index in [-0.39, 0.29) is 35.4 Å². The first-order valence-corrected chi connectivity index (χ1v) is 18.4. The number of likely N-dealkylation sites (tertiary alicyclic amines) is 1. The van der Waals surface area contributed by atoms with Crippen LogP contribution >= 0.6 is 11.6 Å². The summed E-state index contributed by atoms with van der Waals surface area (Å²) in [7, 11) is -8.52. The summed E-state index contributed by atoms with van der Waals surface area (Å²) in [4.78, 5) is 39.4. The minimum Gasteiger partial charge on any atom is -0.481 e. The Labute approximate surface area is 273 Å². The molecule has 2 fully saturated rings. The molecule has 5 N–H and O–H groups in total. The Hall–Kier alpha value is -3.08. The van der Waals surface area contributed by atoms with Crippen LogP contribution in [0.25, 0.3) is 0 Å². The number of benzene rings is 2. The highest BCUT2D eigenvalue weighted by Crippen LogP contribution is 2.41. The molecule has 0 radical (unpaired) electrons. The number of carboxylic acid groups (broad SMARTS) is 1. The lowest BCUT2D eigenvalue weighted by atomic mass is 9.77. The van der Waals surface area contributed by atoms with Crippen LogP contribution in [0.1, 0.15) is 45.1 Å². The number of carbonyl (C=O) groups excluding carboxylic acids is 2. The van der Waals surface area contributed by atoms with Gasteiger partial charge < -0.3 is 14.7 Å². The summed E-state index contributed by atoms with van der Waals surface area (Å²) in [6, 6.07) is 10.0. The number of nitrogens with two attached hydrogens (primary N) is 1. The number of aliphatic carboxylic acids is 1. The van der Waals surface area contributed by atoms with E-state index in [9.17, 15) is 36.3 Å². The number of hydrogen-bond donors (Lipinski definition) is 4. The van der Waals surface area contributed by atoms with Crippen LogP contribution in [0.2, 0.25) is 5.02 Å². The third-order valence-corrected chi connectivity index (χ3v) is 11.5. The third kappa shape index (κ3) is 8.44. The number of primary sulfonamides is 1. The third-order valence-electron chi connectivity index (χ3n) is 8.57. The van der Waals surface area contributed by atoms with Crippen molar-refractivity contribution in [3.8, 4) is 0 Å². The number of halogens is 1. The molecule has 46 heavy (non-hydrogen) atoms. The second kappa shape index (κ2) is 14.8. The second-order valence-corrected chi connectivity index (χ2v) is 15.3. The maximum Gasteiger partial charge on any atom is 0.323 e. The van der Waals surface area contributed by atoms with Crippen molar-refractivity contribution in [3.05, 3.63) is 59.1 Å². The van der Waals surface area contributed by atoms with Crippen molar-refractivity contribution < 1.29 is 41.1 Å². The lowest BCUT2D eigenvalue weighted by Crippen LogP contribution is -2.53. The first-order valence-electron chi connectivity index (χ1n) is 15.0. The van der Waals surface area contributed by atoms with Crippen LogP contribution in [0, 0.1) is 11.8 Å². The molecule has 1 aliphatic carbocycles. The average molecular weight is 699 g/mol. The molecule has 1 saturated heterocycles. The summed E-state index contributed by atoms with van der Waals surface area (Å²) in [6.07, 6.45) is 1.74. The molecular weight excluding hydrogens is 660 g/mol. The highest BCUT2D eigenvalue weighted by molar-refractivity contribution is 7.90. The van der Waals surface area contributed by atoms with Gasteiger partial charge in [-0.15, -0.1) is 0 Å². The molecule has 2 aromatic rings. The number of aryl methyl sites for hydroxylation is 1. The molecule has 1 saturated carbocycles. The van der Waals surface area contributed by atoms with Gasteiger partial charge in [0.25, 0.3) is 0 Å². The molecule has 6 atom stereocenters. The summed E-state index contributed by atoms with van der Waals surface area (Å²) in [5.41, 5.74) is 1.03. The summed E-state index contributed by atoms with van der Waals surface area (Å²) in [5, 5.41) is 18.1. The lowest BCUT2D eigenvalue weighted by Gasteiger charge is -2.37. The molecule has 16 heteroatoms. The van der Waals surface area contributed by atoms with E-state index >= 15 is 0 Å². The van der Waals surface area contributed by atoms with Gasteiger partial charge in [-0.05, 0) is 75.6 Å². The highest BCUT2D eigenvalue weighted by Gasteiger charge is 2.50. The van der Waals surface area contributed by atoms with E-state index in [1.165, 1.54) is 4.90 Å². The summed E-state index contributed by atoms with van der Waals surface area (Å²) in [6.45, 7) is 3.45. The molecule has 1 amide bonds. The molecule has 1 heterocycles. The highest BCUT2D eigenvalue weighted by atomic mass is 35.5. The van der Waals surface area contributed by atoms with Crippen LogP contribution in [0.4, 0.5) is 0 Å². The van der Waals surface area contributed by atoms with Crippen LogP contribution in [0.3, 0.4) is 0 Å². The molecule has 252 valence electrons. The monoisotopic (exact) mass is 698 g/mol. The maximum absolute atomic E-state index is 13.7. The number of esters is 1. The quantitative estimate of drug-likeness (QED) is 0.224. The smallest absolute Gasteiger partial charge is 0.323 e. The molecular formula is C30H39ClN4O9S2. The zero-order valence-corrected chi connectivity index (χ0v) is 27.9. The van der Waals surface area contributed by atoms with E-state index in [4.69, 9.17) is 21.5 Å². The Bertz CT molecular complexity index is 1660. The second-order valence-electron chi connectivity index (χ2n) is 11.7. The Morgan fingerprint density at radius 3 is 2.43 bits per heavy atom. The first kappa shape index (κ1) is 35.8. The normalized spacial score (nSPS) is 22.9. The fourth-order valence-electron chi connectivity index (χ4n) is 6.36. The van der Waals surface area contributed by atoms with Crippen LogP contribution < -0.4 is 15.2 Å². The van der Waals surface area contributed by atoms with Gasteiger partial charge in [0.2, 0.25) is 26.0 Å². The number of amides is 1. The minimum absolute atomic E-state index is 0.0576. The van der Waals surface area contributed by atoms with E-state index < -0.39 is 72.9 Å². The van der Waals surface area contributed by atoms with E-state index in [0.29, 0.717) is 25.7 Å². The zero-order valence-electron chi connectivity index (χ0n) is 25.5. The van der Waals surface area contributed by atoms with Gasteiger partial charge in [0.1, 0.15) is 10.9 Å². The minimum atomic E-state index is -4.29. The lowest BCUT2D eigenvalue weighted by molar-refractivity contribution is -0.146. The number of ether oxygens (including phenoxy) is 1. The molecule has 2 aliphatic rings. The topological polar surface area (TPSA) is 202 Å². The van der Waals surface area contributed by atoms with Crippen molar-refractivity contribution in [3.63, 3.8) is 0 Å². The molecule has 0 spiro atoms. The molecule has 1 aliphatic heterocycles. The van der Waals surface area contributed by atoms with Gasteiger partial charge in [0.15, 0.2) is 0 Å². The molecule has 0 bridgehead atoms. The van der Waals surface area contributed by atoms with Crippen LogP contribution in [0.15, 0.2) is 58.3 Å². The van der Waals surface area contributed by atoms with Crippen molar-refractivity contribution >= 4 is 49.5 Å². The molecule has 0 aromatic heterocycles. The van der Waals surface area contributed by atoms with Gasteiger partial charge in [0, 0.05) is 18.6 Å². The summed E-state index contributed by atoms with van der Waals surface area (Å²) in [5.74, 6) is -3.41. The Kier molecular flexibility index (Phi) is 11.5. The van der Waals surface area contributed by atoms with Crippen LogP contribution in [0.5, 0.6) is 0 Å². The molecule has 2 aromatic carbocycles. The average Bonchev–Trinajstić information content (AvgIpc) is 3.37. The largest absolute Gasteiger partial charge is 0.481 e.